The highest BCUT2D eigenvalue weighted by atomic mass is 19.3. The fourth-order valence-corrected chi connectivity index (χ4v) is 3.80. The van der Waals surface area contributed by atoms with Gasteiger partial charge in [0.05, 0.1) is 17.7 Å². The van der Waals surface area contributed by atoms with Gasteiger partial charge < -0.3 is 4.90 Å². The second kappa shape index (κ2) is 4.98. The highest BCUT2D eigenvalue weighted by Gasteiger charge is 2.62. The summed E-state index contributed by atoms with van der Waals surface area (Å²) in [4.78, 5) is 14.1. The minimum absolute atomic E-state index is 0.103. The molecule has 122 valence electrons. The fourth-order valence-electron chi connectivity index (χ4n) is 3.80. The standard InChI is InChI=1S/C17H17F3N2O/c1-16(17(2,19)20)8-13-3-4-14(22(13)15(16)23)11-5-10(9-21)6-12(18)7-11/h5-7,13-14H,3-4,8H2,1-2H3/t13-,14-,16-/m0/s1. The van der Waals surface area contributed by atoms with E-state index >= 15 is 0 Å². The predicted molar refractivity (Wildman–Crippen MR) is 77.1 cm³/mol. The Morgan fingerprint density at radius 1 is 1.35 bits per heavy atom. The summed E-state index contributed by atoms with van der Waals surface area (Å²) in [5.74, 6) is -4.25. The number of hydrogen-bond acceptors (Lipinski definition) is 2. The molecule has 2 aliphatic rings. The molecule has 3 rings (SSSR count). The lowest BCUT2D eigenvalue weighted by atomic mass is 9.80. The molecule has 23 heavy (non-hydrogen) atoms. The maximum atomic E-state index is 13.9. The Hall–Kier alpha value is -2.03. The van der Waals surface area contributed by atoms with Gasteiger partial charge in [-0.1, -0.05) is 0 Å². The normalized spacial score (nSPS) is 30.4. The molecule has 1 aromatic carbocycles. The highest BCUT2D eigenvalue weighted by Crippen LogP contribution is 2.54. The van der Waals surface area contributed by atoms with E-state index < -0.39 is 29.1 Å². The van der Waals surface area contributed by atoms with E-state index in [2.05, 4.69) is 0 Å². The predicted octanol–water partition coefficient (Wildman–Crippen LogP) is 3.79. The van der Waals surface area contributed by atoms with E-state index in [1.807, 2.05) is 6.07 Å². The van der Waals surface area contributed by atoms with Crippen molar-refractivity contribution in [1.82, 2.24) is 4.90 Å². The molecule has 0 bridgehead atoms. The summed E-state index contributed by atoms with van der Waals surface area (Å²) >= 11 is 0. The van der Waals surface area contributed by atoms with Crippen LogP contribution < -0.4 is 0 Å². The quantitative estimate of drug-likeness (QED) is 0.831. The van der Waals surface area contributed by atoms with E-state index in [0.717, 1.165) is 13.0 Å². The van der Waals surface area contributed by atoms with Crippen molar-refractivity contribution in [2.45, 2.75) is 51.1 Å². The van der Waals surface area contributed by atoms with Gasteiger partial charge in [0, 0.05) is 13.0 Å². The lowest BCUT2D eigenvalue weighted by molar-refractivity contribution is -0.156. The third kappa shape index (κ3) is 2.30. The summed E-state index contributed by atoms with van der Waals surface area (Å²) in [5.41, 5.74) is -1.05. The molecule has 1 aromatic rings. The van der Waals surface area contributed by atoms with Gasteiger partial charge >= 0.3 is 0 Å². The van der Waals surface area contributed by atoms with Gasteiger partial charge in [-0.15, -0.1) is 0 Å². The molecule has 1 amide bonds. The number of hydrogen-bond donors (Lipinski definition) is 0. The van der Waals surface area contributed by atoms with Gasteiger partial charge in [-0.05, 0) is 49.9 Å². The molecule has 0 saturated carbocycles. The Morgan fingerprint density at radius 2 is 2.04 bits per heavy atom. The van der Waals surface area contributed by atoms with Crippen LogP contribution in [0, 0.1) is 22.6 Å². The topological polar surface area (TPSA) is 44.1 Å². The zero-order chi connectivity index (χ0) is 17.0. The first-order chi connectivity index (χ1) is 10.7. The third-order valence-electron chi connectivity index (χ3n) is 5.26. The van der Waals surface area contributed by atoms with Crippen molar-refractivity contribution in [3.63, 3.8) is 0 Å². The van der Waals surface area contributed by atoms with Crippen LogP contribution in [0.15, 0.2) is 18.2 Å². The van der Waals surface area contributed by atoms with Crippen LogP contribution in [0.4, 0.5) is 13.2 Å². The molecule has 0 unspecified atom stereocenters. The summed E-state index contributed by atoms with van der Waals surface area (Å²) < 4.78 is 41.5. The van der Waals surface area contributed by atoms with Gasteiger partial charge in [-0.2, -0.15) is 5.26 Å². The van der Waals surface area contributed by atoms with Crippen LogP contribution in [-0.4, -0.2) is 22.8 Å². The Morgan fingerprint density at radius 3 is 2.65 bits per heavy atom. The first kappa shape index (κ1) is 15.9. The molecule has 2 heterocycles. The van der Waals surface area contributed by atoms with Crippen LogP contribution in [0.3, 0.4) is 0 Å². The molecule has 3 atom stereocenters. The monoisotopic (exact) mass is 322 g/mol. The van der Waals surface area contributed by atoms with E-state index in [-0.39, 0.29) is 18.0 Å². The average molecular weight is 322 g/mol. The van der Waals surface area contributed by atoms with Crippen molar-refractivity contribution in [3.05, 3.63) is 35.1 Å². The summed E-state index contributed by atoms with van der Waals surface area (Å²) in [6, 6.07) is 5.11. The van der Waals surface area contributed by atoms with E-state index in [1.165, 1.54) is 24.0 Å². The van der Waals surface area contributed by atoms with Crippen molar-refractivity contribution in [3.8, 4) is 6.07 Å². The summed E-state index contributed by atoms with van der Waals surface area (Å²) in [7, 11) is 0. The zero-order valence-electron chi connectivity index (χ0n) is 12.9. The van der Waals surface area contributed by atoms with Crippen LogP contribution in [-0.2, 0) is 4.79 Å². The highest BCUT2D eigenvalue weighted by molar-refractivity contribution is 5.87. The summed E-state index contributed by atoms with van der Waals surface area (Å²) in [6.45, 7) is 2.08. The molecule has 3 nitrogen and oxygen atoms in total. The number of amides is 1. The molecule has 2 fully saturated rings. The Labute approximate surface area is 132 Å². The number of nitriles is 1. The number of fused-ring (bicyclic) bond motifs is 1. The number of carbonyl (C=O) groups excluding carboxylic acids is 1. The number of halogens is 3. The summed E-state index contributed by atoms with van der Waals surface area (Å²) in [6.07, 6.45) is 1.31. The van der Waals surface area contributed by atoms with Crippen molar-refractivity contribution in [2.24, 2.45) is 5.41 Å². The molecule has 0 spiro atoms. The molecular formula is C17H17F3N2O. The van der Waals surface area contributed by atoms with Crippen LogP contribution in [0.2, 0.25) is 0 Å². The minimum Gasteiger partial charge on any atom is -0.332 e. The SMILES string of the molecule is CC(F)(F)[C@@]1(C)C[C@@H]2CC[C@@H](c3cc(F)cc(C#N)c3)N2C1=O. The Kier molecular flexibility index (Phi) is 3.44. The van der Waals surface area contributed by atoms with Crippen LogP contribution in [0.1, 0.15) is 50.3 Å². The molecule has 0 aromatic heterocycles. The van der Waals surface area contributed by atoms with Crippen molar-refractivity contribution < 1.29 is 18.0 Å². The molecule has 0 aliphatic carbocycles. The van der Waals surface area contributed by atoms with E-state index in [0.29, 0.717) is 18.4 Å². The lowest BCUT2D eigenvalue weighted by Crippen LogP contribution is -2.44. The average Bonchev–Trinajstić information content (AvgIpc) is 2.97. The fraction of sp³-hybridized carbons (Fsp3) is 0.529. The van der Waals surface area contributed by atoms with Crippen molar-refractivity contribution in [1.29, 1.82) is 5.26 Å². The van der Waals surface area contributed by atoms with Crippen molar-refractivity contribution in [2.75, 3.05) is 0 Å². The second-order valence-electron chi connectivity index (χ2n) is 6.77. The van der Waals surface area contributed by atoms with Gasteiger partial charge in [-0.25, -0.2) is 13.2 Å². The van der Waals surface area contributed by atoms with E-state index in [9.17, 15) is 18.0 Å². The lowest BCUT2D eigenvalue weighted by Gasteiger charge is -2.31. The second-order valence-corrected chi connectivity index (χ2v) is 6.77. The number of rotatable bonds is 2. The molecule has 0 radical (unpaired) electrons. The smallest absolute Gasteiger partial charge is 0.259 e. The number of alkyl halides is 2. The third-order valence-corrected chi connectivity index (χ3v) is 5.26. The molecule has 2 saturated heterocycles. The van der Waals surface area contributed by atoms with Gasteiger partial charge in [0.15, 0.2) is 0 Å². The van der Waals surface area contributed by atoms with Crippen LogP contribution >= 0.6 is 0 Å². The Balaban J connectivity index is 1.98. The molecular weight excluding hydrogens is 305 g/mol. The molecule has 6 heteroatoms. The van der Waals surface area contributed by atoms with Crippen LogP contribution in [0.25, 0.3) is 0 Å². The van der Waals surface area contributed by atoms with E-state index in [4.69, 9.17) is 5.26 Å². The summed E-state index contributed by atoms with van der Waals surface area (Å²) in [5, 5.41) is 8.96. The van der Waals surface area contributed by atoms with Crippen LogP contribution in [0.5, 0.6) is 0 Å². The van der Waals surface area contributed by atoms with Gasteiger partial charge in [-0.3, -0.25) is 4.79 Å². The van der Waals surface area contributed by atoms with Gasteiger partial charge in [0.25, 0.3) is 5.92 Å². The Bertz CT molecular complexity index is 707. The number of nitrogens with zero attached hydrogens (tertiary/aromatic N) is 2. The molecule has 0 N–H and O–H groups in total. The largest absolute Gasteiger partial charge is 0.332 e. The maximum Gasteiger partial charge on any atom is 0.259 e. The first-order valence-electron chi connectivity index (χ1n) is 7.58. The van der Waals surface area contributed by atoms with Gasteiger partial charge in [0.1, 0.15) is 11.2 Å². The zero-order valence-corrected chi connectivity index (χ0v) is 12.9. The first-order valence-corrected chi connectivity index (χ1v) is 7.58. The van der Waals surface area contributed by atoms with Gasteiger partial charge in [0.2, 0.25) is 5.91 Å². The van der Waals surface area contributed by atoms with Crippen molar-refractivity contribution >= 4 is 5.91 Å². The number of benzene rings is 1. The van der Waals surface area contributed by atoms with E-state index in [1.54, 1.807) is 0 Å². The minimum atomic E-state index is -3.11. The maximum absolute atomic E-state index is 13.9. The molecule has 2 aliphatic heterocycles. The number of carbonyl (C=O) groups is 1.